The molecule has 0 spiro atoms. The number of aromatic nitrogens is 3. The van der Waals surface area contributed by atoms with Gasteiger partial charge in [-0.25, -0.2) is 4.79 Å². The number of carboxylic acids is 1. The Hall–Kier alpha value is -2.77. The van der Waals surface area contributed by atoms with Crippen molar-refractivity contribution < 1.29 is 23.1 Å². The number of rotatable bonds is 2. The van der Waals surface area contributed by atoms with Gasteiger partial charge in [0, 0.05) is 24.2 Å². The Morgan fingerprint density at radius 3 is 2.73 bits per heavy atom. The van der Waals surface area contributed by atoms with Crippen LogP contribution in [-0.2, 0) is 13.2 Å². The van der Waals surface area contributed by atoms with Crippen LogP contribution in [0.2, 0.25) is 0 Å². The van der Waals surface area contributed by atoms with Crippen molar-refractivity contribution in [1.29, 1.82) is 0 Å². The lowest BCUT2D eigenvalue weighted by Gasteiger charge is -2.09. The van der Waals surface area contributed by atoms with Crippen molar-refractivity contribution in [3.63, 3.8) is 0 Å². The fourth-order valence-electron chi connectivity index (χ4n) is 2.55. The molecule has 8 heteroatoms. The van der Waals surface area contributed by atoms with E-state index < -0.39 is 17.7 Å². The lowest BCUT2D eigenvalue weighted by Crippen LogP contribution is -2.07. The highest BCUT2D eigenvalue weighted by Crippen LogP contribution is 2.39. The van der Waals surface area contributed by atoms with Crippen molar-refractivity contribution in [3.8, 4) is 11.3 Å². The van der Waals surface area contributed by atoms with E-state index in [4.69, 9.17) is 5.11 Å². The molecule has 3 aromatic rings. The Balaban J connectivity index is 2.34. The number of nitrogens with one attached hydrogen (secondary N) is 1. The summed E-state index contributed by atoms with van der Waals surface area (Å²) >= 11 is 0. The summed E-state index contributed by atoms with van der Waals surface area (Å²) in [5.74, 6) is -1.20. The van der Waals surface area contributed by atoms with Gasteiger partial charge in [-0.1, -0.05) is 12.1 Å². The molecule has 0 saturated carbocycles. The molecule has 0 aliphatic rings. The number of nitrogens with zero attached hydrogens (tertiary/aromatic N) is 2. The quantitative estimate of drug-likeness (QED) is 0.763. The minimum atomic E-state index is -4.49. The molecule has 2 aromatic heterocycles. The molecule has 114 valence electrons. The van der Waals surface area contributed by atoms with E-state index in [0.29, 0.717) is 10.9 Å². The lowest BCUT2D eigenvalue weighted by molar-refractivity contribution is -0.136. The minimum absolute atomic E-state index is 0.00376. The Labute approximate surface area is 122 Å². The summed E-state index contributed by atoms with van der Waals surface area (Å²) in [6.45, 7) is 0. The topological polar surface area (TPSA) is 70.9 Å². The highest BCUT2D eigenvalue weighted by molar-refractivity contribution is 6.03. The Morgan fingerprint density at radius 2 is 2.09 bits per heavy atom. The van der Waals surface area contributed by atoms with E-state index in [0.717, 1.165) is 12.3 Å². The van der Waals surface area contributed by atoms with E-state index in [1.807, 2.05) is 0 Å². The molecule has 0 saturated heterocycles. The third-order valence-electron chi connectivity index (χ3n) is 3.45. The highest BCUT2D eigenvalue weighted by Gasteiger charge is 2.34. The molecular formula is C14H10F3N3O2. The van der Waals surface area contributed by atoms with Gasteiger partial charge < -0.3 is 9.67 Å². The van der Waals surface area contributed by atoms with Crippen LogP contribution in [0, 0.1) is 0 Å². The summed E-state index contributed by atoms with van der Waals surface area (Å²) in [5.41, 5.74) is -0.327. The van der Waals surface area contributed by atoms with E-state index in [1.54, 1.807) is 0 Å². The Bertz CT molecular complexity index is 877. The molecule has 3 rings (SSSR count). The highest BCUT2D eigenvalue weighted by atomic mass is 19.4. The van der Waals surface area contributed by atoms with Gasteiger partial charge in [0.2, 0.25) is 0 Å². The molecule has 0 fully saturated rings. The number of aromatic amines is 1. The number of benzene rings is 1. The molecule has 0 bridgehead atoms. The Kier molecular flexibility index (Phi) is 2.98. The fraction of sp³-hybridized carbons (Fsp3) is 0.143. The van der Waals surface area contributed by atoms with Crippen LogP contribution in [0.1, 0.15) is 15.9 Å². The number of hydrogen-bond acceptors (Lipinski definition) is 2. The van der Waals surface area contributed by atoms with Gasteiger partial charge in [-0.2, -0.15) is 18.3 Å². The molecule has 0 aliphatic carbocycles. The first-order chi connectivity index (χ1) is 10.3. The molecule has 0 aliphatic heterocycles. The van der Waals surface area contributed by atoms with Crippen LogP contribution in [0.4, 0.5) is 13.2 Å². The average molecular weight is 309 g/mol. The van der Waals surface area contributed by atoms with Crippen molar-refractivity contribution in [2.24, 2.45) is 7.05 Å². The number of fused-ring (bicyclic) bond motifs is 1. The van der Waals surface area contributed by atoms with E-state index in [1.165, 1.54) is 29.9 Å². The molecular weight excluding hydrogens is 299 g/mol. The number of alkyl halides is 3. The molecule has 0 unspecified atom stereocenters. The van der Waals surface area contributed by atoms with Crippen LogP contribution in [-0.4, -0.2) is 25.8 Å². The first-order valence-corrected chi connectivity index (χ1v) is 6.23. The number of aryl methyl sites for hydroxylation is 1. The third kappa shape index (κ3) is 2.03. The zero-order valence-corrected chi connectivity index (χ0v) is 11.3. The molecule has 0 atom stereocenters. The van der Waals surface area contributed by atoms with E-state index in [2.05, 4.69) is 10.2 Å². The largest absolute Gasteiger partial charge is 0.478 e. The van der Waals surface area contributed by atoms with Gasteiger partial charge in [0.25, 0.3) is 0 Å². The van der Waals surface area contributed by atoms with Gasteiger partial charge in [-0.05, 0) is 6.07 Å². The molecule has 1 aromatic carbocycles. The predicted octanol–water partition coefficient (Wildman–Crippen LogP) is 3.29. The van der Waals surface area contributed by atoms with E-state index >= 15 is 0 Å². The molecule has 2 heterocycles. The van der Waals surface area contributed by atoms with Gasteiger partial charge in [0.1, 0.15) is 5.56 Å². The smallest absolute Gasteiger partial charge is 0.418 e. The van der Waals surface area contributed by atoms with Gasteiger partial charge in [-0.3, -0.25) is 5.10 Å². The van der Waals surface area contributed by atoms with Gasteiger partial charge in [0.05, 0.1) is 23.0 Å². The summed E-state index contributed by atoms with van der Waals surface area (Å²) in [5, 5.41) is 15.7. The van der Waals surface area contributed by atoms with E-state index in [9.17, 15) is 18.0 Å². The number of carboxylic acid groups (broad SMARTS) is 1. The number of halogens is 3. The van der Waals surface area contributed by atoms with Crippen LogP contribution in [0.5, 0.6) is 0 Å². The second-order valence-corrected chi connectivity index (χ2v) is 4.82. The zero-order chi connectivity index (χ0) is 16.1. The molecule has 5 nitrogen and oxygen atoms in total. The second-order valence-electron chi connectivity index (χ2n) is 4.82. The standard InChI is InChI=1S/C14H10F3N3O2/c1-20-6-9(11-8(13(21)22)5-18-19-11)7-3-2-4-10(12(7)20)14(15,16)17/h2-6H,1H3,(H,18,19)(H,21,22). The number of hydrogen-bond donors (Lipinski definition) is 2. The predicted molar refractivity (Wildman–Crippen MR) is 72.5 cm³/mol. The van der Waals surface area contributed by atoms with Crippen LogP contribution < -0.4 is 0 Å². The average Bonchev–Trinajstić information content (AvgIpc) is 3.02. The van der Waals surface area contributed by atoms with Crippen molar-refractivity contribution in [3.05, 3.63) is 41.7 Å². The van der Waals surface area contributed by atoms with Crippen molar-refractivity contribution >= 4 is 16.9 Å². The SMILES string of the molecule is Cn1cc(-c2[nH]ncc2C(=O)O)c2cccc(C(F)(F)F)c21. The second kappa shape index (κ2) is 4.62. The molecule has 22 heavy (non-hydrogen) atoms. The van der Waals surface area contributed by atoms with Crippen molar-refractivity contribution in [2.45, 2.75) is 6.18 Å². The number of aromatic carboxylic acids is 1. The van der Waals surface area contributed by atoms with Gasteiger partial charge in [0.15, 0.2) is 0 Å². The van der Waals surface area contributed by atoms with Gasteiger partial charge >= 0.3 is 12.1 Å². The normalized spacial score (nSPS) is 12.0. The summed E-state index contributed by atoms with van der Waals surface area (Å²) in [4.78, 5) is 11.2. The molecule has 0 radical (unpaired) electrons. The zero-order valence-electron chi connectivity index (χ0n) is 11.3. The number of carbonyl (C=O) groups is 1. The van der Waals surface area contributed by atoms with E-state index in [-0.39, 0.29) is 16.8 Å². The first kappa shape index (κ1) is 14.2. The minimum Gasteiger partial charge on any atom is -0.478 e. The summed E-state index contributed by atoms with van der Waals surface area (Å²) in [6.07, 6.45) is -1.91. The van der Waals surface area contributed by atoms with Crippen LogP contribution in [0.15, 0.2) is 30.6 Å². The maximum atomic E-state index is 13.1. The number of para-hydroxylation sites is 1. The lowest BCUT2D eigenvalue weighted by atomic mass is 10.0. The summed E-state index contributed by atoms with van der Waals surface area (Å²) in [6, 6.07) is 3.81. The summed E-state index contributed by atoms with van der Waals surface area (Å²) in [7, 11) is 1.48. The molecule has 0 amide bonds. The van der Waals surface area contributed by atoms with Crippen LogP contribution in [0.3, 0.4) is 0 Å². The maximum Gasteiger partial charge on any atom is 0.418 e. The summed E-state index contributed by atoms with van der Waals surface area (Å²) < 4.78 is 40.7. The van der Waals surface area contributed by atoms with Gasteiger partial charge in [-0.15, -0.1) is 0 Å². The van der Waals surface area contributed by atoms with Crippen LogP contribution in [0.25, 0.3) is 22.2 Å². The number of H-pyrrole nitrogens is 1. The van der Waals surface area contributed by atoms with Crippen molar-refractivity contribution in [1.82, 2.24) is 14.8 Å². The fourth-order valence-corrected chi connectivity index (χ4v) is 2.55. The maximum absolute atomic E-state index is 13.1. The molecule has 2 N–H and O–H groups in total. The Morgan fingerprint density at radius 1 is 1.36 bits per heavy atom. The monoisotopic (exact) mass is 309 g/mol. The van der Waals surface area contributed by atoms with Crippen molar-refractivity contribution in [2.75, 3.05) is 0 Å². The first-order valence-electron chi connectivity index (χ1n) is 6.23. The third-order valence-corrected chi connectivity index (χ3v) is 3.45. The van der Waals surface area contributed by atoms with Crippen LogP contribution >= 0.6 is 0 Å².